The number of thioether (sulfide) groups is 1. The minimum Gasteiger partial charge on any atom is -0.328 e. The number of carbonyl (C=O) groups is 1. The Kier molecular flexibility index (Phi) is 4.30. The van der Waals surface area contributed by atoms with E-state index in [2.05, 4.69) is 22.1 Å². The molecule has 0 radical (unpaired) electrons. The van der Waals surface area contributed by atoms with Crippen molar-refractivity contribution >= 4 is 29.0 Å². The summed E-state index contributed by atoms with van der Waals surface area (Å²) >= 11 is 3.35. The van der Waals surface area contributed by atoms with Crippen molar-refractivity contribution < 1.29 is 4.79 Å². The van der Waals surface area contributed by atoms with Gasteiger partial charge in [0.15, 0.2) is 5.82 Å². The molecule has 2 aromatic heterocycles. The highest BCUT2D eigenvalue weighted by atomic mass is 32.2. The molecule has 1 atom stereocenters. The van der Waals surface area contributed by atoms with Crippen LogP contribution in [0.1, 0.15) is 47.1 Å². The van der Waals surface area contributed by atoms with Crippen LogP contribution in [0.2, 0.25) is 0 Å². The van der Waals surface area contributed by atoms with Crippen LogP contribution >= 0.6 is 23.1 Å². The number of thiophene rings is 1. The van der Waals surface area contributed by atoms with Gasteiger partial charge in [0.25, 0.3) is 5.91 Å². The number of nitrogens with one attached hydrogen (secondary N) is 1. The van der Waals surface area contributed by atoms with Gasteiger partial charge in [0, 0.05) is 6.54 Å². The van der Waals surface area contributed by atoms with Gasteiger partial charge in [0.2, 0.25) is 0 Å². The lowest BCUT2D eigenvalue weighted by Crippen LogP contribution is -2.30. The van der Waals surface area contributed by atoms with Crippen molar-refractivity contribution in [3.63, 3.8) is 0 Å². The molecule has 1 saturated heterocycles. The van der Waals surface area contributed by atoms with E-state index in [0.717, 1.165) is 41.7 Å². The van der Waals surface area contributed by atoms with Crippen molar-refractivity contribution in [2.75, 3.05) is 12.3 Å². The Morgan fingerprint density at radius 3 is 3.14 bits per heavy atom. The first-order chi connectivity index (χ1) is 10.2. The number of aromatic nitrogens is 3. The molecule has 3 rings (SSSR count). The summed E-state index contributed by atoms with van der Waals surface area (Å²) in [6, 6.07) is 3.98. The second-order valence-corrected chi connectivity index (χ2v) is 7.64. The van der Waals surface area contributed by atoms with Crippen molar-refractivity contribution in [1.82, 2.24) is 20.1 Å². The second-order valence-electron chi connectivity index (χ2n) is 4.99. The van der Waals surface area contributed by atoms with Gasteiger partial charge < -0.3 is 4.90 Å². The van der Waals surface area contributed by atoms with E-state index in [9.17, 15) is 4.79 Å². The molecule has 112 valence electrons. The largest absolute Gasteiger partial charge is 0.328 e. The van der Waals surface area contributed by atoms with Crippen LogP contribution < -0.4 is 0 Å². The van der Waals surface area contributed by atoms with E-state index in [1.165, 1.54) is 4.21 Å². The van der Waals surface area contributed by atoms with Crippen LogP contribution in [-0.2, 0) is 0 Å². The van der Waals surface area contributed by atoms with Crippen LogP contribution in [0, 0.1) is 6.92 Å². The number of likely N-dealkylation sites (tertiary alicyclic amines) is 1. The summed E-state index contributed by atoms with van der Waals surface area (Å²) < 4.78 is 1.20. The summed E-state index contributed by atoms with van der Waals surface area (Å²) in [5.41, 5.74) is 0. The smallest absolute Gasteiger partial charge is 0.264 e. The van der Waals surface area contributed by atoms with E-state index in [1.54, 1.807) is 23.1 Å². The monoisotopic (exact) mass is 322 g/mol. The van der Waals surface area contributed by atoms with E-state index >= 15 is 0 Å². The quantitative estimate of drug-likeness (QED) is 0.878. The first kappa shape index (κ1) is 14.6. The van der Waals surface area contributed by atoms with Gasteiger partial charge >= 0.3 is 0 Å². The summed E-state index contributed by atoms with van der Waals surface area (Å²) in [6.45, 7) is 4.78. The van der Waals surface area contributed by atoms with Gasteiger partial charge in [-0.1, -0.05) is 6.92 Å². The lowest BCUT2D eigenvalue weighted by atomic mass is 10.2. The molecule has 0 aliphatic carbocycles. The van der Waals surface area contributed by atoms with E-state index < -0.39 is 0 Å². The molecule has 1 N–H and O–H groups in total. The van der Waals surface area contributed by atoms with Crippen LogP contribution in [0.25, 0.3) is 0 Å². The number of H-pyrrole nitrogens is 1. The molecule has 1 amide bonds. The van der Waals surface area contributed by atoms with Crippen LogP contribution in [0.3, 0.4) is 0 Å². The zero-order valence-electron chi connectivity index (χ0n) is 12.1. The fraction of sp³-hybridized carbons (Fsp3) is 0.500. The standard InChI is InChI=1S/C14H18N4OS2/c1-3-20-12-7-6-11(21-12)14(19)18-8-4-5-10(18)13-15-9(2)16-17-13/h6-7,10H,3-5,8H2,1-2H3,(H,15,16,17)/t10-/m0/s1. The Hall–Kier alpha value is -1.34. The van der Waals surface area contributed by atoms with Gasteiger partial charge in [0.1, 0.15) is 5.82 Å². The Morgan fingerprint density at radius 2 is 2.43 bits per heavy atom. The summed E-state index contributed by atoms with van der Waals surface area (Å²) in [6.07, 6.45) is 1.94. The van der Waals surface area contributed by atoms with Crippen LogP contribution in [0.5, 0.6) is 0 Å². The average Bonchev–Trinajstić information content (AvgIpc) is 3.17. The number of aromatic amines is 1. The topological polar surface area (TPSA) is 61.9 Å². The lowest BCUT2D eigenvalue weighted by Gasteiger charge is -2.21. The van der Waals surface area contributed by atoms with E-state index in [0.29, 0.717) is 0 Å². The zero-order valence-corrected chi connectivity index (χ0v) is 13.8. The number of hydrogen-bond donors (Lipinski definition) is 1. The third kappa shape index (κ3) is 2.98. The normalized spacial score (nSPS) is 18.4. The van der Waals surface area contributed by atoms with Crippen molar-refractivity contribution in [2.45, 2.75) is 36.9 Å². The number of nitrogens with zero attached hydrogens (tertiary/aromatic N) is 3. The highest BCUT2D eigenvalue weighted by Crippen LogP contribution is 2.34. The number of carbonyl (C=O) groups excluding carboxylic acids is 1. The Labute approximate surface area is 132 Å². The van der Waals surface area contributed by atoms with Gasteiger partial charge in [-0.25, -0.2) is 4.98 Å². The first-order valence-electron chi connectivity index (χ1n) is 7.11. The molecule has 21 heavy (non-hydrogen) atoms. The highest BCUT2D eigenvalue weighted by molar-refractivity contribution is 8.01. The summed E-state index contributed by atoms with van der Waals surface area (Å²) in [5, 5.41) is 7.09. The molecule has 0 aromatic carbocycles. The van der Waals surface area contributed by atoms with Crippen LogP contribution in [-0.4, -0.2) is 38.3 Å². The SMILES string of the molecule is CCSc1ccc(C(=O)N2CCC[C@H]2c2n[nH]c(C)n2)s1. The molecule has 0 bridgehead atoms. The van der Waals surface area contributed by atoms with Crippen molar-refractivity contribution in [3.05, 3.63) is 28.7 Å². The van der Waals surface area contributed by atoms with Gasteiger partial charge in [0.05, 0.1) is 15.1 Å². The molecule has 0 spiro atoms. The van der Waals surface area contributed by atoms with E-state index in [-0.39, 0.29) is 11.9 Å². The molecular formula is C14H18N4OS2. The third-order valence-electron chi connectivity index (χ3n) is 3.50. The summed E-state index contributed by atoms with van der Waals surface area (Å²) in [7, 11) is 0. The molecule has 0 unspecified atom stereocenters. The Balaban J connectivity index is 1.79. The average molecular weight is 322 g/mol. The second kappa shape index (κ2) is 6.19. The van der Waals surface area contributed by atoms with Crippen LogP contribution in [0.15, 0.2) is 16.3 Å². The molecule has 7 heteroatoms. The lowest BCUT2D eigenvalue weighted by molar-refractivity contribution is 0.0735. The highest BCUT2D eigenvalue weighted by Gasteiger charge is 2.33. The number of amides is 1. The molecule has 5 nitrogen and oxygen atoms in total. The molecule has 0 saturated carbocycles. The van der Waals surface area contributed by atoms with Crippen molar-refractivity contribution in [3.8, 4) is 0 Å². The Bertz CT molecular complexity index is 636. The fourth-order valence-corrected chi connectivity index (χ4v) is 4.58. The minimum atomic E-state index is 0.00632. The van der Waals surface area contributed by atoms with Crippen molar-refractivity contribution in [1.29, 1.82) is 0 Å². The third-order valence-corrected chi connectivity index (χ3v) is 5.69. The van der Waals surface area contributed by atoms with E-state index in [4.69, 9.17) is 0 Å². The van der Waals surface area contributed by atoms with Gasteiger partial charge in [-0.2, -0.15) is 5.10 Å². The van der Waals surface area contributed by atoms with Crippen LogP contribution in [0.4, 0.5) is 0 Å². The van der Waals surface area contributed by atoms with Crippen molar-refractivity contribution in [2.24, 2.45) is 0 Å². The molecule has 1 fully saturated rings. The van der Waals surface area contributed by atoms with E-state index in [1.807, 2.05) is 24.0 Å². The molecular weight excluding hydrogens is 304 g/mol. The number of aryl methyl sites for hydroxylation is 1. The minimum absolute atomic E-state index is 0.00632. The molecule has 3 heterocycles. The molecule has 1 aliphatic rings. The summed E-state index contributed by atoms with van der Waals surface area (Å²) in [4.78, 5) is 19.8. The Morgan fingerprint density at radius 1 is 1.57 bits per heavy atom. The maximum absolute atomic E-state index is 12.7. The summed E-state index contributed by atoms with van der Waals surface area (Å²) in [5.74, 6) is 2.66. The number of rotatable bonds is 4. The first-order valence-corrected chi connectivity index (χ1v) is 8.91. The molecule has 2 aromatic rings. The maximum atomic E-state index is 12.7. The van der Waals surface area contributed by atoms with Gasteiger partial charge in [-0.3, -0.25) is 9.89 Å². The predicted molar refractivity (Wildman–Crippen MR) is 84.8 cm³/mol. The predicted octanol–water partition coefficient (Wildman–Crippen LogP) is 3.26. The van der Waals surface area contributed by atoms with Gasteiger partial charge in [-0.15, -0.1) is 23.1 Å². The molecule has 1 aliphatic heterocycles. The maximum Gasteiger partial charge on any atom is 0.264 e. The number of hydrogen-bond acceptors (Lipinski definition) is 5. The zero-order chi connectivity index (χ0) is 14.8. The van der Waals surface area contributed by atoms with Gasteiger partial charge in [-0.05, 0) is 37.7 Å². The fourth-order valence-electron chi connectivity index (χ4n) is 2.58.